The van der Waals surface area contributed by atoms with Crippen molar-refractivity contribution in [3.63, 3.8) is 0 Å². The maximum absolute atomic E-state index is 11.5. The van der Waals surface area contributed by atoms with Crippen molar-refractivity contribution in [2.45, 2.75) is 38.1 Å². The summed E-state index contributed by atoms with van der Waals surface area (Å²) < 4.78 is 0. The van der Waals surface area contributed by atoms with Crippen molar-refractivity contribution in [3.05, 3.63) is 11.1 Å². The summed E-state index contributed by atoms with van der Waals surface area (Å²) in [4.78, 5) is 18.4. The minimum atomic E-state index is -0.0708. The fourth-order valence-corrected chi connectivity index (χ4v) is 4.29. The van der Waals surface area contributed by atoms with Crippen LogP contribution in [0.3, 0.4) is 0 Å². The fraction of sp³-hybridized carbons (Fsp3) is 0.692. The maximum atomic E-state index is 11.5. The number of halogens is 1. The Morgan fingerprint density at radius 3 is 3.11 bits per heavy atom. The second-order valence-corrected chi connectivity index (χ2v) is 6.27. The summed E-state index contributed by atoms with van der Waals surface area (Å²) in [5.74, 6) is 0.795. The van der Waals surface area contributed by atoms with Crippen LogP contribution in [-0.2, 0) is 0 Å². The lowest BCUT2D eigenvalue weighted by molar-refractivity contribution is 0.101. The quantitative estimate of drug-likeness (QED) is 0.630. The molecule has 0 radical (unpaired) electrons. The molecule has 2 unspecified atom stereocenters. The highest BCUT2D eigenvalue weighted by atomic mass is 35.5. The molecule has 0 bridgehead atoms. The van der Waals surface area contributed by atoms with Crippen molar-refractivity contribution < 1.29 is 4.79 Å². The van der Waals surface area contributed by atoms with Crippen molar-refractivity contribution in [2.24, 2.45) is 5.92 Å². The van der Waals surface area contributed by atoms with E-state index in [0.717, 1.165) is 17.6 Å². The molecule has 0 N–H and O–H groups in total. The molecule has 0 spiro atoms. The summed E-state index contributed by atoms with van der Waals surface area (Å²) in [5.41, 5.74) is 0.532. The van der Waals surface area contributed by atoms with Gasteiger partial charge in [0.2, 0.25) is 0 Å². The van der Waals surface area contributed by atoms with E-state index in [1.165, 1.54) is 32.1 Å². The first-order valence-electron chi connectivity index (χ1n) is 6.61. The average Bonchev–Trinajstić information content (AvgIpc) is 3.03. The number of carbonyl (C=O) groups excluding carboxylic acids is 1. The van der Waals surface area contributed by atoms with Gasteiger partial charge in [0.25, 0.3) is 0 Å². The first-order valence-corrected chi connectivity index (χ1v) is 8.02. The molecule has 18 heavy (non-hydrogen) atoms. The molecule has 3 rings (SSSR count). The van der Waals surface area contributed by atoms with Crippen LogP contribution in [0.15, 0.2) is 5.38 Å². The van der Waals surface area contributed by atoms with Crippen LogP contribution in [-0.4, -0.2) is 29.2 Å². The van der Waals surface area contributed by atoms with Crippen LogP contribution < -0.4 is 4.90 Å². The van der Waals surface area contributed by atoms with E-state index in [4.69, 9.17) is 11.6 Å². The van der Waals surface area contributed by atoms with E-state index in [2.05, 4.69) is 9.88 Å². The molecule has 2 heterocycles. The lowest BCUT2D eigenvalue weighted by Crippen LogP contribution is -2.34. The lowest BCUT2D eigenvalue weighted by atomic mass is 9.85. The Balaban J connectivity index is 1.78. The molecule has 98 valence electrons. The van der Waals surface area contributed by atoms with Crippen molar-refractivity contribution in [1.82, 2.24) is 4.98 Å². The summed E-state index contributed by atoms with van der Waals surface area (Å²) in [7, 11) is 0. The van der Waals surface area contributed by atoms with Gasteiger partial charge in [-0.15, -0.1) is 22.9 Å². The van der Waals surface area contributed by atoms with Gasteiger partial charge in [0, 0.05) is 18.0 Å². The van der Waals surface area contributed by atoms with E-state index >= 15 is 0 Å². The third kappa shape index (κ3) is 2.16. The summed E-state index contributed by atoms with van der Waals surface area (Å²) in [6.45, 7) is 1.09. The number of nitrogens with zero attached hydrogens (tertiary/aromatic N) is 2. The molecule has 1 aromatic heterocycles. The van der Waals surface area contributed by atoms with Crippen LogP contribution in [0, 0.1) is 5.92 Å². The van der Waals surface area contributed by atoms with E-state index in [0.29, 0.717) is 11.7 Å². The Kier molecular flexibility index (Phi) is 3.57. The van der Waals surface area contributed by atoms with Crippen LogP contribution in [0.25, 0.3) is 0 Å². The topological polar surface area (TPSA) is 33.2 Å². The number of anilines is 1. The third-order valence-electron chi connectivity index (χ3n) is 4.15. The number of fused-ring (bicyclic) bond motifs is 1. The zero-order valence-corrected chi connectivity index (χ0v) is 11.8. The van der Waals surface area contributed by atoms with Gasteiger partial charge in [-0.25, -0.2) is 4.98 Å². The number of alkyl halides is 1. The molecule has 2 aliphatic rings. The molecule has 0 amide bonds. The standard InChI is InChI=1S/C13H17ClN2OS/c14-7-12(17)10-8-18-13(15-10)16-6-5-9-3-1-2-4-11(9)16/h8-9,11H,1-7H2. The Morgan fingerprint density at radius 2 is 2.28 bits per heavy atom. The smallest absolute Gasteiger partial charge is 0.196 e. The van der Waals surface area contributed by atoms with Crippen LogP contribution in [0.4, 0.5) is 5.13 Å². The van der Waals surface area contributed by atoms with E-state index in [-0.39, 0.29) is 11.7 Å². The molecule has 1 saturated carbocycles. The van der Waals surface area contributed by atoms with E-state index in [1.54, 1.807) is 11.3 Å². The predicted molar refractivity (Wildman–Crippen MR) is 74.9 cm³/mol. The van der Waals surface area contributed by atoms with Crippen molar-refractivity contribution >= 4 is 33.9 Å². The predicted octanol–water partition coefficient (Wildman–Crippen LogP) is 3.33. The molecular weight excluding hydrogens is 268 g/mol. The van der Waals surface area contributed by atoms with Crippen LogP contribution in [0.5, 0.6) is 0 Å². The Labute approximate surface area is 116 Å². The van der Waals surface area contributed by atoms with E-state index in [1.807, 2.05) is 5.38 Å². The molecule has 1 aliphatic heterocycles. The summed E-state index contributed by atoms with van der Waals surface area (Å²) >= 11 is 7.15. The minimum absolute atomic E-state index is 0.0230. The highest BCUT2D eigenvalue weighted by Crippen LogP contribution is 2.39. The minimum Gasteiger partial charge on any atom is -0.345 e. The number of aromatic nitrogens is 1. The average molecular weight is 285 g/mol. The molecule has 5 heteroatoms. The van der Waals surface area contributed by atoms with Gasteiger partial charge >= 0.3 is 0 Å². The van der Waals surface area contributed by atoms with Crippen LogP contribution in [0.1, 0.15) is 42.6 Å². The SMILES string of the molecule is O=C(CCl)c1csc(N2CCC3CCCCC32)n1. The van der Waals surface area contributed by atoms with Gasteiger partial charge in [-0.1, -0.05) is 12.8 Å². The van der Waals surface area contributed by atoms with Crippen molar-refractivity contribution in [2.75, 3.05) is 17.3 Å². The number of Topliss-reactive ketones (excluding diaryl/α,β-unsaturated/α-hetero) is 1. The van der Waals surface area contributed by atoms with Gasteiger partial charge in [0.05, 0.1) is 5.88 Å². The number of thiazole rings is 1. The molecular formula is C13H17ClN2OS. The van der Waals surface area contributed by atoms with E-state index < -0.39 is 0 Å². The number of hydrogen-bond donors (Lipinski definition) is 0. The summed E-state index contributed by atoms with van der Waals surface area (Å²) in [6.07, 6.45) is 6.63. The number of hydrogen-bond acceptors (Lipinski definition) is 4. The molecule has 2 fully saturated rings. The number of rotatable bonds is 3. The van der Waals surface area contributed by atoms with Gasteiger partial charge in [-0.3, -0.25) is 4.79 Å². The molecule has 3 nitrogen and oxygen atoms in total. The highest BCUT2D eigenvalue weighted by molar-refractivity contribution is 7.14. The van der Waals surface area contributed by atoms with Crippen LogP contribution >= 0.6 is 22.9 Å². The van der Waals surface area contributed by atoms with Gasteiger partial charge in [-0.05, 0) is 25.2 Å². The Morgan fingerprint density at radius 1 is 1.44 bits per heavy atom. The third-order valence-corrected chi connectivity index (χ3v) is 5.28. The molecule has 2 atom stereocenters. The molecule has 1 saturated heterocycles. The normalized spacial score (nSPS) is 27.3. The first kappa shape index (κ1) is 12.4. The maximum Gasteiger partial charge on any atom is 0.196 e. The van der Waals surface area contributed by atoms with Crippen molar-refractivity contribution in [3.8, 4) is 0 Å². The number of carbonyl (C=O) groups is 1. The van der Waals surface area contributed by atoms with Gasteiger partial charge in [0.15, 0.2) is 10.9 Å². The number of ketones is 1. The molecule has 0 aromatic carbocycles. The zero-order valence-electron chi connectivity index (χ0n) is 10.3. The second-order valence-electron chi connectivity index (χ2n) is 5.17. The lowest BCUT2D eigenvalue weighted by Gasteiger charge is -2.31. The van der Waals surface area contributed by atoms with E-state index in [9.17, 15) is 4.79 Å². The van der Waals surface area contributed by atoms with Gasteiger partial charge < -0.3 is 4.90 Å². The van der Waals surface area contributed by atoms with Gasteiger partial charge in [0.1, 0.15) is 5.69 Å². The zero-order chi connectivity index (χ0) is 12.5. The van der Waals surface area contributed by atoms with Crippen molar-refractivity contribution in [1.29, 1.82) is 0 Å². The highest BCUT2D eigenvalue weighted by Gasteiger charge is 2.36. The van der Waals surface area contributed by atoms with Crippen LogP contribution in [0.2, 0.25) is 0 Å². The summed E-state index contributed by atoms with van der Waals surface area (Å²) in [6, 6.07) is 0.656. The molecule has 1 aromatic rings. The second kappa shape index (κ2) is 5.17. The fourth-order valence-electron chi connectivity index (χ4n) is 3.24. The van der Waals surface area contributed by atoms with Gasteiger partial charge in [-0.2, -0.15) is 0 Å². The largest absolute Gasteiger partial charge is 0.345 e. The monoisotopic (exact) mass is 284 g/mol. The Hall–Kier alpha value is -0.610. The summed E-state index contributed by atoms with van der Waals surface area (Å²) in [5, 5.41) is 2.86. The molecule has 1 aliphatic carbocycles. The first-order chi connectivity index (χ1) is 8.79. The Bertz CT molecular complexity index is 448.